The molecule has 5 rings (SSSR count). The van der Waals surface area contributed by atoms with Crippen LogP contribution < -0.4 is 10.6 Å². The number of alkyl halides is 2. The van der Waals surface area contributed by atoms with Crippen LogP contribution >= 0.6 is 58.0 Å². The van der Waals surface area contributed by atoms with Crippen LogP contribution in [0.3, 0.4) is 0 Å². The van der Waals surface area contributed by atoms with Gasteiger partial charge in [-0.1, -0.05) is 34.8 Å². The van der Waals surface area contributed by atoms with E-state index < -0.39 is 28.0 Å². The number of aromatic amines is 1. The number of fused-ring (bicyclic) bond motifs is 1. The Morgan fingerprint density at radius 1 is 0.917 bits per heavy atom. The summed E-state index contributed by atoms with van der Waals surface area (Å²) >= 11 is 31.4. The lowest BCUT2D eigenvalue weighted by atomic mass is 10.1. The van der Waals surface area contributed by atoms with Crippen molar-refractivity contribution in [2.45, 2.75) is 17.2 Å². The summed E-state index contributed by atoms with van der Waals surface area (Å²) in [7, 11) is 0. The molecule has 1 fully saturated rings. The number of anilines is 2. The largest absolute Gasteiger partial charge is 0.361 e. The van der Waals surface area contributed by atoms with Crippen molar-refractivity contribution in [2.75, 3.05) is 10.6 Å². The van der Waals surface area contributed by atoms with Gasteiger partial charge in [-0.3, -0.25) is 9.59 Å². The molecule has 0 aliphatic heterocycles. The summed E-state index contributed by atoms with van der Waals surface area (Å²) in [5.74, 6) is -2.03. The first kappa shape index (κ1) is 25.2. The van der Waals surface area contributed by atoms with E-state index in [0.29, 0.717) is 27.0 Å². The second kappa shape index (κ2) is 9.47. The lowest BCUT2D eigenvalue weighted by Gasteiger charge is -2.12. The highest BCUT2D eigenvalue weighted by atomic mass is 35.5. The molecule has 184 valence electrons. The van der Waals surface area contributed by atoms with Crippen molar-refractivity contribution in [1.29, 1.82) is 0 Å². The van der Waals surface area contributed by atoms with E-state index in [9.17, 15) is 9.59 Å². The van der Waals surface area contributed by atoms with E-state index in [-0.39, 0.29) is 10.6 Å². The number of hydrogen-bond donors (Lipinski definition) is 3. The van der Waals surface area contributed by atoms with E-state index in [0.717, 1.165) is 16.5 Å². The number of carbonyl (C=O) groups is 2. The smallest absolute Gasteiger partial charge is 0.257 e. The Morgan fingerprint density at radius 2 is 1.64 bits per heavy atom. The summed E-state index contributed by atoms with van der Waals surface area (Å²) < 4.78 is -1.32. The summed E-state index contributed by atoms with van der Waals surface area (Å²) in [5.41, 5.74) is 3.81. The van der Waals surface area contributed by atoms with E-state index >= 15 is 0 Å². The highest BCUT2D eigenvalue weighted by Gasteiger charge is 2.67. The third-order valence-electron chi connectivity index (χ3n) is 6.31. The molecule has 0 spiro atoms. The SMILES string of the molecule is Cc1c(NC(=O)c2cc(NC(=O)C3C(c4cc(Cl)cc(Cl)c4)C3(Cl)Cl)ccc2Cl)ccc2[nH]ccc12. The summed E-state index contributed by atoms with van der Waals surface area (Å²) in [6.07, 6.45) is 1.84. The van der Waals surface area contributed by atoms with Gasteiger partial charge in [-0.2, -0.15) is 0 Å². The van der Waals surface area contributed by atoms with Gasteiger partial charge in [-0.15, -0.1) is 23.2 Å². The third-order valence-corrected chi connectivity index (χ3v) is 8.02. The third kappa shape index (κ3) is 4.67. The Balaban J connectivity index is 1.34. The van der Waals surface area contributed by atoms with Crippen molar-refractivity contribution in [3.05, 3.63) is 92.6 Å². The summed E-state index contributed by atoms with van der Waals surface area (Å²) in [4.78, 5) is 29.3. The fourth-order valence-corrected chi connectivity index (χ4v) is 6.00. The summed E-state index contributed by atoms with van der Waals surface area (Å²) in [6.45, 7) is 1.92. The number of halogens is 5. The predicted molar refractivity (Wildman–Crippen MR) is 148 cm³/mol. The van der Waals surface area contributed by atoms with Crippen LogP contribution in [-0.4, -0.2) is 21.1 Å². The average Bonchev–Trinajstić information content (AvgIpc) is 3.13. The van der Waals surface area contributed by atoms with E-state index in [2.05, 4.69) is 15.6 Å². The van der Waals surface area contributed by atoms with Gasteiger partial charge in [0.15, 0.2) is 0 Å². The van der Waals surface area contributed by atoms with E-state index in [1.165, 1.54) is 6.07 Å². The monoisotopic (exact) mass is 579 g/mol. The van der Waals surface area contributed by atoms with Crippen molar-refractivity contribution in [3.63, 3.8) is 0 Å². The van der Waals surface area contributed by atoms with Crippen LogP contribution in [0, 0.1) is 12.8 Å². The minimum atomic E-state index is -1.32. The fourth-order valence-electron chi connectivity index (χ4n) is 4.43. The first-order chi connectivity index (χ1) is 17.1. The molecule has 0 bridgehead atoms. The van der Waals surface area contributed by atoms with Gasteiger partial charge in [0.25, 0.3) is 5.91 Å². The standard InChI is InChI=1S/C26H18Cl5N3O2/c1-12-17-6-7-32-21(17)5-4-20(12)34-24(35)18-11-16(2-3-19(18)29)33-25(36)23-22(26(23,30)31)13-8-14(27)10-15(28)9-13/h2-11,22-23,32H,1H3,(H,33,36)(H,34,35). The minimum Gasteiger partial charge on any atom is -0.361 e. The Hall–Kier alpha value is -2.41. The van der Waals surface area contributed by atoms with Gasteiger partial charge in [0, 0.05) is 44.4 Å². The fraction of sp³-hybridized carbons (Fsp3) is 0.154. The molecule has 1 heterocycles. The first-order valence-electron chi connectivity index (χ1n) is 10.9. The van der Waals surface area contributed by atoms with Crippen LogP contribution in [0.2, 0.25) is 15.1 Å². The second-order valence-corrected chi connectivity index (χ2v) is 11.4. The van der Waals surface area contributed by atoms with Crippen LogP contribution in [0.25, 0.3) is 10.9 Å². The summed E-state index contributed by atoms with van der Waals surface area (Å²) in [5, 5.41) is 7.78. The molecule has 0 saturated heterocycles. The molecule has 1 aliphatic rings. The molecule has 4 aromatic rings. The average molecular weight is 582 g/mol. The first-order valence-corrected chi connectivity index (χ1v) is 12.8. The van der Waals surface area contributed by atoms with Gasteiger partial charge in [0.1, 0.15) is 4.33 Å². The molecule has 3 N–H and O–H groups in total. The number of aryl methyl sites for hydroxylation is 1. The number of nitrogens with one attached hydrogen (secondary N) is 3. The normalized spacial score (nSPS) is 18.2. The van der Waals surface area contributed by atoms with E-state index in [4.69, 9.17) is 58.0 Å². The number of benzene rings is 3. The van der Waals surface area contributed by atoms with Crippen molar-refractivity contribution in [3.8, 4) is 0 Å². The lowest BCUT2D eigenvalue weighted by molar-refractivity contribution is -0.117. The molecule has 1 aliphatic carbocycles. The highest BCUT2D eigenvalue weighted by Crippen LogP contribution is 2.65. The quantitative estimate of drug-likeness (QED) is 0.208. The maximum atomic E-state index is 13.1. The zero-order valence-electron chi connectivity index (χ0n) is 18.6. The lowest BCUT2D eigenvalue weighted by Crippen LogP contribution is -2.18. The van der Waals surface area contributed by atoms with E-state index in [1.807, 2.05) is 31.3 Å². The zero-order valence-corrected chi connectivity index (χ0v) is 22.4. The Kier molecular flexibility index (Phi) is 6.64. The topological polar surface area (TPSA) is 74.0 Å². The molecule has 2 atom stereocenters. The van der Waals surface area contributed by atoms with Crippen LogP contribution in [-0.2, 0) is 4.79 Å². The summed E-state index contributed by atoms with van der Waals surface area (Å²) in [6, 6.07) is 15.3. The number of H-pyrrole nitrogens is 1. The Labute approximate surface area is 232 Å². The molecule has 36 heavy (non-hydrogen) atoms. The van der Waals surface area contributed by atoms with Crippen molar-refractivity contribution in [1.82, 2.24) is 4.98 Å². The van der Waals surface area contributed by atoms with Crippen molar-refractivity contribution in [2.24, 2.45) is 5.92 Å². The van der Waals surface area contributed by atoms with Crippen LogP contribution in [0.1, 0.15) is 27.4 Å². The van der Waals surface area contributed by atoms with Crippen LogP contribution in [0.15, 0.2) is 60.8 Å². The van der Waals surface area contributed by atoms with Crippen molar-refractivity contribution >= 4 is 92.1 Å². The van der Waals surface area contributed by atoms with Gasteiger partial charge < -0.3 is 15.6 Å². The molecule has 2 amide bonds. The Morgan fingerprint density at radius 3 is 2.36 bits per heavy atom. The molecule has 1 saturated carbocycles. The van der Waals surface area contributed by atoms with Gasteiger partial charge in [-0.05, 0) is 72.6 Å². The van der Waals surface area contributed by atoms with Crippen molar-refractivity contribution < 1.29 is 9.59 Å². The van der Waals surface area contributed by atoms with Gasteiger partial charge in [-0.25, -0.2) is 0 Å². The number of rotatable bonds is 5. The van der Waals surface area contributed by atoms with E-state index in [1.54, 1.807) is 30.3 Å². The maximum Gasteiger partial charge on any atom is 0.257 e. The molecule has 0 radical (unpaired) electrons. The molecule has 5 nitrogen and oxygen atoms in total. The van der Waals surface area contributed by atoms with Gasteiger partial charge in [0.05, 0.1) is 16.5 Å². The van der Waals surface area contributed by atoms with Crippen LogP contribution in [0.5, 0.6) is 0 Å². The number of hydrogen-bond acceptors (Lipinski definition) is 2. The molecule has 1 aromatic heterocycles. The minimum absolute atomic E-state index is 0.208. The van der Waals surface area contributed by atoms with Gasteiger partial charge >= 0.3 is 0 Å². The maximum absolute atomic E-state index is 13.1. The predicted octanol–water partition coefficient (Wildman–Crippen LogP) is 8.21. The highest BCUT2D eigenvalue weighted by molar-refractivity contribution is 6.53. The van der Waals surface area contributed by atoms with Crippen LogP contribution in [0.4, 0.5) is 11.4 Å². The molecular weight excluding hydrogens is 564 g/mol. The molecule has 10 heteroatoms. The molecular formula is C26H18Cl5N3O2. The Bertz CT molecular complexity index is 1510. The number of carbonyl (C=O) groups excluding carboxylic acids is 2. The zero-order chi connectivity index (χ0) is 25.8. The molecule has 3 aromatic carbocycles. The molecule has 2 unspecified atom stereocenters. The second-order valence-electron chi connectivity index (χ2n) is 8.65. The number of aromatic nitrogens is 1. The number of amides is 2. The van der Waals surface area contributed by atoms with Gasteiger partial charge in [0.2, 0.25) is 5.91 Å².